The number of hydrogen-bond acceptors (Lipinski definition) is 6. The van der Waals surface area contributed by atoms with Crippen LogP contribution in [0.25, 0.3) is 6.08 Å². The number of methoxy groups -OCH3 is 1. The SMILES string of the molecule is COc1cc(C=C2N=C(c3ccc(Cl)cc3)OC2=O)cc(Cl)c1OCC(N)=O. The standard InChI is InChI=1S/C19H14Cl2N2O5/c1-26-15-8-10(6-13(21)17(15)27-9-16(22)24)7-14-19(25)28-18(23-14)11-2-4-12(20)5-3-11/h2-8H,9H2,1H3,(H2,22,24). The van der Waals surface area contributed by atoms with Crippen molar-refractivity contribution in [1.82, 2.24) is 0 Å². The van der Waals surface area contributed by atoms with E-state index < -0.39 is 11.9 Å². The van der Waals surface area contributed by atoms with Crippen molar-refractivity contribution >= 4 is 47.1 Å². The Bertz CT molecular complexity index is 1000. The number of carbonyl (C=O) groups excluding carboxylic acids is 2. The van der Waals surface area contributed by atoms with E-state index in [4.69, 9.17) is 43.1 Å². The van der Waals surface area contributed by atoms with Gasteiger partial charge in [0, 0.05) is 10.6 Å². The second kappa shape index (κ2) is 8.33. The topological polar surface area (TPSA) is 100 Å². The smallest absolute Gasteiger partial charge is 0.363 e. The molecular formula is C19H14Cl2N2O5. The minimum atomic E-state index is -0.651. The van der Waals surface area contributed by atoms with Crippen molar-refractivity contribution in [2.45, 2.75) is 0 Å². The summed E-state index contributed by atoms with van der Waals surface area (Å²) in [4.78, 5) is 27.3. The van der Waals surface area contributed by atoms with E-state index in [1.807, 2.05) is 0 Å². The average Bonchev–Trinajstić information content (AvgIpc) is 3.01. The molecule has 2 aromatic rings. The predicted octanol–water partition coefficient (Wildman–Crippen LogP) is 3.21. The monoisotopic (exact) mass is 420 g/mol. The van der Waals surface area contributed by atoms with E-state index in [1.54, 1.807) is 30.3 Å². The summed E-state index contributed by atoms with van der Waals surface area (Å²) in [6.45, 7) is -0.350. The maximum Gasteiger partial charge on any atom is 0.363 e. The number of amides is 1. The number of hydrogen-bond donors (Lipinski definition) is 1. The van der Waals surface area contributed by atoms with E-state index >= 15 is 0 Å². The third-order valence-corrected chi connectivity index (χ3v) is 4.16. The number of carbonyl (C=O) groups is 2. The molecule has 28 heavy (non-hydrogen) atoms. The van der Waals surface area contributed by atoms with Gasteiger partial charge in [0.25, 0.3) is 5.91 Å². The molecule has 144 valence electrons. The number of halogens is 2. The first-order chi connectivity index (χ1) is 13.4. The Kier molecular flexibility index (Phi) is 5.87. The number of rotatable bonds is 6. The van der Waals surface area contributed by atoms with Crippen LogP contribution >= 0.6 is 23.2 Å². The van der Waals surface area contributed by atoms with Crippen LogP contribution in [0.1, 0.15) is 11.1 Å². The highest BCUT2D eigenvalue weighted by atomic mass is 35.5. The number of primary amides is 1. The van der Waals surface area contributed by atoms with E-state index in [-0.39, 0.29) is 34.7 Å². The van der Waals surface area contributed by atoms with Gasteiger partial charge in [-0.3, -0.25) is 4.79 Å². The zero-order valence-corrected chi connectivity index (χ0v) is 16.1. The molecule has 2 N–H and O–H groups in total. The Morgan fingerprint density at radius 2 is 1.96 bits per heavy atom. The van der Waals surface area contributed by atoms with Crippen LogP contribution < -0.4 is 15.2 Å². The van der Waals surface area contributed by atoms with E-state index in [9.17, 15) is 9.59 Å². The van der Waals surface area contributed by atoms with Crippen LogP contribution in [0.2, 0.25) is 10.0 Å². The second-order valence-corrected chi connectivity index (χ2v) is 6.48. The summed E-state index contributed by atoms with van der Waals surface area (Å²) in [5.74, 6) is -0.637. The lowest BCUT2D eigenvalue weighted by Gasteiger charge is -2.12. The highest BCUT2D eigenvalue weighted by Gasteiger charge is 2.24. The summed E-state index contributed by atoms with van der Waals surface area (Å²) in [5.41, 5.74) is 6.31. The fourth-order valence-electron chi connectivity index (χ4n) is 2.39. The Morgan fingerprint density at radius 3 is 2.61 bits per heavy atom. The second-order valence-electron chi connectivity index (χ2n) is 5.63. The normalized spacial score (nSPS) is 14.6. The molecule has 1 amide bonds. The molecule has 9 heteroatoms. The molecule has 0 atom stereocenters. The summed E-state index contributed by atoms with van der Waals surface area (Å²) in [6, 6.07) is 9.86. The van der Waals surface area contributed by atoms with Gasteiger partial charge >= 0.3 is 5.97 Å². The number of cyclic esters (lactones) is 1. The number of nitrogens with two attached hydrogens (primary N) is 1. The molecule has 0 bridgehead atoms. The summed E-state index contributed by atoms with van der Waals surface area (Å²) in [6.07, 6.45) is 1.50. The number of aliphatic imine (C=N–C) groups is 1. The Hall–Kier alpha value is -3.03. The number of ether oxygens (including phenoxy) is 3. The minimum absolute atomic E-state index is 0.0916. The molecule has 1 aliphatic rings. The van der Waals surface area contributed by atoms with Crippen LogP contribution in [0.5, 0.6) is 11.5 Å². The van der Waals surface area contributed by atoms with Gasteiger partial charge in [0.2, 0.25) is 5.90 Å². The van der Waals surface area contributed by atoms with E-state index in [1.165, 1.54) is 19.3 Å². The van der Waals surface area contributed by atoms with Crippen molar-refractivity contribution in [2.24, 2.45) is 10.7 Å². The minimum Gasteiger partial charge on any atom is -0.493 e. The van der Waals surface area contributed by atoms with E-state index in [2.05, 4.69) is 4.99 Å². The summed E-state index contributed by atoms with van der Waals surface area (Å²) in [7, 11) is 1.42. The first-order valence-corrected chi connectivity index (χ1v) is 8.70. The fourth-order valence-corrected chi connectivity index (χ4v) is 2.79. The quantitative estimate of drug-likeness (QED) is 0.570. The third-order valence-electron chi connectivity index (χ3n) is 3.63. The molecule has 0 unspecified atom stereocenters. The van der Waals surface area contributed by atoms with Crippen molar-refractivity contribution in [3.8, 4) is 11.5 Å². The van der Waals surface area contributed by atoms with Gasteiger partial charge in [0.15, 0.2) is 23.8 Å². The van der Waals surface area contributed by atoms with Crippen LogP contribution in [0.15, 0.2) is 47.1 Å². The predicted molar refractivity (Wildman–Crippen MR) is 105 cm³/mol. The Morgan fingerprint density at radius 1 is 1.25 bits per heavy atom. The Balaban J connectivity index is 1.91. The molecule has 0 radical (unpaired) electrons. The van der Waals surface area contributed by atoms with Gasteiger partial charge in [-0.05, 0) is 48.0 Å². The van der Waals surface area contributed by atoms with Crippen molar-refractivity contribution in [1.29, 1.82) is 0 Å². The molecule has 7 nitrogen and oxygen atoms in total. The van der Waals surface area contributed by atoms with Gasteiger partial charge in [0.1, 0.15) is 0 Å². The van der Waals surface area contributed by atoms with Gasteiger partial charge in [0.05, 0.1) is 12.1 Å². The zero-order chi connectivity index (χ0) is 20.3. The summed E-state index contributed by atoms with van der Waals surface area (Å²) >= 11 is 12.1. The molecular weight excluding hydrogens is 407 g/mol. The molecule has 1 aliphatic heterocycles. The van der Waals surface area contributed by atoms with Crippen LogP contribution in [0.3, 0.4) is 0 Å². The maximum absolute atomic E-state index is 12.1. The van der Waals surface area contributed by atoms with Crippen LogP contribution in [0, 0.1) is 0 Å². The van der Waals surface area contributed by atoms with Gasteiger partial charge < -0.3 is 19.9 Å². The van der Waals surface area contributed by atoms with Crippen molar-refractivity contribution in [2.75, 3.05) is 13.7 Å². The lowest BCUT2D eigenvalue weighted by Crippen LogP contribution is -2.20. The molecule has 2 aromatic carbocycles. The lowest BCUT2D eigenvalue weighted by atomic mass is 10.1. The largest absolute Gasteiger partial charge is 0.493 e. The molecule has 0 aromatic heterocycles. The zero-order valence-electron chi connectivity index (χ0n) is 14.6. The van der Waals surface area contributed by atoms with Crippen molar-refractivity contribution < 1.29 is 23.8 Å². The van der Waals surface area contributed by atoms with Crippen LogP contribution in [0.4, 0.5) is 0 Å². The average molecular weight is 421 g/mol. The van der Waals surface area contributed by atoms with Crippen molar-refractivity contribution in [3.63, 3.8) is 0 Å². The van der Waals surface area contributed by atoms with Crippen LogP contribution in [-0.4, -0.2) is 31.5 Å². The first-order valence-electron chi connectivity index (χ1n) is 7.94. The van der Waals surface area contributed by atoms with Crippen molar-refractivity contribution in [3.05, 3.63) is 63.3 Å². The third kappa shape index (κ3) is 4.44. The molecule has 0 saturated carbocycles. The molecule has 3 rings (SSSR count). The molecule has 0 fully saturated rings. The van der Waals surface area contributed by atoms with E-state index in [0.717, 1.165) is 0 Å². The Labute approximate surface area is 170 Å². The maximum atomic E-state index is 12.1. The molecule has 0 saturated heterocycles. The molecule has 1 heterocycles. The van der Waals surface area contributed by atoms with Gasteiger partial charge in [-0.2, -0.15) is 0 Å². The highest BCUT2D eigenvalue weighted by molar-refractivity contribution is 6.32. The molecule has 0 spiro atoms. The lowest BCUT2D eigenvalue weighted by molar-refractivity contribution is -0.130. The summed E-state index contributed by atoms with van der Waals surface area (Å²) < 4.78 is 15.7. The number of nitrogens with zero attached hydrogens (tertiary/aromatic N) is 1. The first kappa shape index (κ1) is 19.7. The fraction of sp³-hybridized carbons (Fsp3) is 0.105. The van der Waals surface area contributed by atoms with Gasteiger partial charge in [-0.1, -0.05) is 23.2 Å². The highest BCUT2D eigenvalue weighted by Crippen LogP contribution is 2.37. The number of benzene rings is 2. The van der Waals surface area contributed by atoms with E-state index in [0.29, 0.717) is 16.1 Å². The molecule has 0 aliphatic carbocycles. The van der Waals surface area contributed by atoms with Gasteiger partial charge in [-0.15, -0.1) is 0 Å². The van der Waals surface area contributed by atoms with Crippen LogP contribution in [-0.2, 0) is 14.3 Å². The number of esters is 1. The van der Waals surface area contributed by atoms with Gasteiger partial charge in [-0.25, -0.2) is 9.79 Å². The summed E-state index contributed by atoms with van der Waals surface area (Å²) in [5, 5.41) is 0.741.